The van der Waals surface area contributed by atoms with Gasteiger partial charge in [-0.3, -0.25) is 14.4 Å². The molecule has 1 aliphatic heterocycles. The zero-order chi connectivity index (χ0) is 13.0. The van der Waals surface area contributed by atoms with Crippen LogP contribution in [-0.4, -0.2) is 29.4 Å². The van der Waals surface area contributed by atoms with E-state index in [1.165, 1.54) is 0 Å². The second-order valence-electron chi connectivity index (χ2n) is 4.16. The van der Waals surface area contributed by atoms with Crippen molar-refractivity contribution in [2.45, 2.75) is 45.6 Å². The normalized spacial score (nSPS) is 19.9. The molecule has 17 heavy (non-hydrogen) atoms. The number of carbonyl (C=O) groups excluding carboxylic acids is 4. The van der Waals surface area contributed by atoms with Crippen molar-refractivity contribution < 1.29 is 23.9 Å². The number of hydrogen-bond acceptors (Lipinski definition) is 5. The van der Waals surface area contributed by atoms with E-state index in [0.29, 0.717) is 12.8 Å². The van der Waals surface area contributed by atoms with E-state index in [1.807, 2.05) is 13.8 Å². The summed E-state index contributed by atoms with van der Waals surface area (Å²) in [6.07, 6.45) is 1.40. The summed E-state index contributed by atoms with van der Waals surface area (Å²) in [6.45, 7) is 3.87. The van der Waals surface area contributed by atoms with Gasteiger partial charge in [0.05, 0.1) is 0 Å². The number of cyclic esters (lactones) is 1. The predicted octanol–water partition coefficient (Wildman–Crippen LogP) is 0.835. The fourth-order valence-electron chi connectivity index (χ4n) is 1.96. The van der Waals surface area contributed by atoms with Gasteiger partial charge in [-0.15, -0.1) is 0 Å². The lowest BCUT2D eigenvalue weighted by molar-refractivity contribution is -0.152. The number of ketones is 3. The first-order chi connectivity index (χ1) is 8.02. The van der Waals surface area contributed by atoms with E-state index in [-0.39, 0.29) is 5.92 Å². The lowest BCUT2D eigenvalue weighted by Crippen LogP contribution is -2.34. The van der Waals surface area contributed by atoms with Gasteiger partial charge in [0, 0.05) is 5.92 Å². The van der Waals surface area contributed by atoms with E-state index in [0.717, 1.165) is 12.8 Å². The molecule has 1 rings (SSSR count). The van der Waals surface area contributed by atoms with Gasteiger partial charge in [-0.1, -0.05) is 26.7 Å². The van der Waals surface area contributed by atoms with Gasteiger partial charge in [0.15, 0.2) is 5.78 Å². The predicted molar refractivity (Wildman–Crippen MR) is 58.2 cm³/mol. The van der Waals surface area contributed by atoms with Crippen molar-refractivity contribution in [3.8, 4) is 0 Å². The number of rotatable bonds is 6. The van der Waals surface area contributed by atoms with Gasteiger partial charge < -0.3 is 4.74 Å². The van der Waals surface area contributed by atoms with Crippen LogP contribution in [-0.2, 0) is 23.9 Å². The summed E-state index contributed by atoms with van der Waals surface area (Å²) in [7, 11) is 0. The molecule has 5 heteroatoms. The Balaban J connectivity index is 2.77. The van der Waals surface area contributed by atoms with Crippen molar-refractivity contribution in [1.82, 2.24) is 0 Å². The molecule has 1 heterocycles. The maximum atomic E-state index is 12.0. The zero-order valence-electron chi connectivity index (χ0n) is 10.0. The van der Waals surface area contributed by atoms with Crippen molar-refractivity contribution in [2.24, 2.45) is 5.92 Å². The molecule has 1 saturated heterocycles. The number of ether oxygens (including phenoxy) is 1. The first kappa shape index (κ1) is 13.5. The molecular formula is C12H16O5. The zero-order valence-corrected chi connectivity index (χ0v) is 10.0. The summed E-state index contributed by atoms with van der Waals surface area (Å²) in [5, 5.41) is 0. The molecule has 1 aliphatic rings. The molecule has 5 nitrogen and oxygen atoms in total. The van der Waals surface area contributed by atoms with Crippen LogP contribution in [0.3, 0.4) is 0 Å². The Labute approximate surface area is 99.5 Å². The van der Waals surface area contributed by atoms with E-state index >= 15 is 0 Å². The highest BCUT2D eigenvalue weighted by Crippen LogP contribution is 2.20. The van der Waals surface area contributed by atoms with Crippen LogP contribution in [0.25, 0.3) is 0 Å². The molecular weight excluding hydrogens is 224 g/mol. The van der Waals surface area contributed by atoms with E-state index in [1.54, 1.807) is 0 Å². The van der Waals surface area contributed by atoms with Gasteiger partial charge >= 0.3 is 11.8 Å². The molecule has 0 spiro atoms. The maximum Gasteiger partial charge on any atom is 0.384 e. The van der Waals surface area contributed by atoms with Gasteiger partial charge in [0.2, 0.25) is 6.10 Å². The molecule has 1 atom stereocenters. The topological polar surface area (TPSA) is 77.5 Å². The standard InChI is InChI=1S/C12H16O5/c1-3-5-7(6-4-2)8(13)11-9(14)10(15)12(16)17-11/h7,11H,3-6H2,1-2H3. The third-order valence-electron chi connectivity index (χ3n) is 2.81. The smallest absolute Gasteiger partial charge is 0.384 e. The number of Topliss-reactive ketones (excluding diaryl/α,β-unsaturated/α-hetero) is 3. The van der Waals surface area contributed by atoms with Crippen LogP contribution >= 0.6 is 0 Å². The van der Waals surface area contributed by atoms with Crippen molar-refractivity contribution in [3.05, 3.63) is 0 Å². The van der Waals surface area contributed by atoms with E-state index in [9.17, 15) is 19.2 Å². The molecule has 0 N–H and O–H groups in total. The van der Waals surface area contributed by atoms with Crippen LogP contribution in [0.5, 0.6) is 0 Å². The number of esters is 1. The van der Waals surface area contributed by atoms with E-state index in [2.05, 4.69) is 4.74 Å². The first-order valence-electron chi connectivity index (χ1n) is 5.85. The van der Waals surface area contributed by atoms with Crippen molar-refractivity contribution in [1.29, 1.82) is 0 Å². The Kier molecular flexibility index (Phi) is 4.54. The van der Waals surface area contributed by atoms with Crippen molar-refractivity contribution in [3.63, 3.8) is 0 Å². The molecule has 1 fully saturated rings. The SMILES string of the molecule is CCCC(CCC)C(=O)C1OC(=O)C(=O)C1=O. The second-order valence-corrected chi connectivity index (χ2v) is 4.16. The van der Waals surface area contributed by atoms with E-state index < -0.39 is 29.4 Å². The molecule has 0 radical (unpaired) electrons. The van der Waals surface area contributed by atoms with Crippen LogP contribution < -0.4 is 0 Å². The summed E-state index contributed by atoms with van der Waals surface area (Å²) in [6, 6.07) is 0. The van der Waals surface area contributed by atoms with Crippen LogP contribution in [0, 0.1) is 5.92 Å². The van der Waals surface area contributed by atoms with Crippen LogP contribution in [0.15, 0.2) is 0 Å². The van der Waals surface area contributed by atoms with Crippen molar-refractivity contribution in [2.75, 3.05) is 0 Å². The number of carbonyl (C=O) groups is 4. The first-order valence-corrected chi connectivity index (χ1v) is 5.85. The van der Waals surface area contributed by atoms with Gasteiger partial charge in [0.1, 0.15) is 0 Å². The summed E-state index contributed by atoms with van der Waals surface area (Å²) < 4.78 is 4.53. The number of hydrogen-bond donors (Lipinski definition) is 0. The van der Waals surface area contributed by atoms with Gasteiger partial charge in [-0.25, -0.2) is 4.79 Å². The van der Waals surface area contributed by atoms with Gasteiger partial charge in [-0.2, -0.15) is 0 Å². The third kappa shape index (κ3) is 2.78. The fourth-order valence-corrected chi connectivity index (χ4v) is 1.96. The Morgan fingerprint density at radius 2 is 1.71 bits per heavy atom. The average molecular weight is 240 g/mol. The summed E-state index contributed by atoms with van der Waals surface area (Å²) in [4.78, 5) is 45.2. The highest BCUT2D eigenvalue weighted by Gasteiger charge is 2.47. The largest absolute Gasteiger partial charge is 0.440 e. The van der Waals surface area contributed by atoms with Crippen LogP contribution in [0.2, 0.25) is 0 Å². The molecule has 0 aromatic heterocycles. The highest BCUT2D eigenvalue weighted by molar-refractivity contribution is 6.67. The molecule has 0 bridgehead atoms. The Morgan fingerprint density at radius 3 is 2.06 bits per heavy atom. The Hall–Kier alpha value is -1.52. The summed E-state index contributed by atoms with van der Waals surface area (Å²) in [5.74, 6) is -4.18. The van der Waals surface area contributed by atoms with Crippen LogP contribution in [0.1, 0.15) is 39.5 Å². The molecule has 0 aromatic rings. The van der Waals surface area contributed by atoms with Crippen molar-refractivity contribution >= 4 is 23.3 Å². The lowest BCUT2D eigenvalue weighted by atomic mass is 9.89. The molecule has 0 amide bonds. The third-order valence-corrected chi connectivity index (χ3v) is 2.81. The fraction of sp³-hybridized carbons (Fsp3) is 0.667. The Bertz CT molecular complexity index is 352. The molecule has 1 unspecified atom stereocenters. The molecule has 0 aliphatic carbocycles. The summed E-state index contributed by atoms with van der Waals surface area (Å²) >= 11 is 0. The minimum Gasteiger partial charge on any atom is -0.440 e. The minimum atomic E-state index is -1.49. The maximum absolute atomic E-state index is 12.0. The Morgan fingerprint density at radius 1 is 1.18 bits per heavy atom. The van der Waals surface area contributed by atoms with Gasteiger partial charge in [-0.05, 0) is 12.8 Å². The monoisotopic (exact) mass is 240 g/mol. The second kappa shape index (κ2) is 5.70. The molecule has 0 saturated carbocycles. The quantitative estimate of drug-likeness (QED) is 0.390. The van der Waals surface area contributed by atoms with Crippen LogP contribution in [0.4, 0.5) is 0 Å². The minimum absolute atomic E-state index is 0.308. The molecule has 0 aromatic carbocycles. The van der Waals surface area contributed by atoms with E-state index in [4.69, 9.17) is 0 Å². The lowest BCUT2D eigenvalue weighted by Gasteiger charge is -2.16. The summed E-state index contributed by atoms with van der Waals surface area (Å²) in [5.41, 5.74) is 0. The highest BCUT2D eigenvalue weighted by atomic mass is 16.6. The van der Waals surface area contributed by atoms with Gasteiger partial charge in [0.25, 0.3) is 5.78 Å². The average Bonchev–Trinajstić information content (AvgIpc) is 2.56. The molecule has 94 valence electrons.